The number of ether oxygens (including phenoxy) is 2. The molecule has 0 saturated heterocycles. The van der Waals surface area contributed by atoms with Gasteiger partial charge in [0.15, 0.2) is 5.76 Å². The molecule has 1 heterocycles. The normalized spacial score (nSPS) is 12.3. The Morgan fingerprint density at radius 1 is 1.50 bits per heavy atom. The van der Waals surface area contributed by atoms with Crippen LogP contribution in [0.1, 0.15) is 0 Å². The third-order valence-electron chi connectivity index (χ3n) is 1.84. The van der Waals surface area contributed by atoms with Crippen LogP contribution in [0.4, 0.5) is 5.69 Å². The fourth-order valence-electron chi connectivity index (χ4n) is 1.04. The molecule has 0 radical (unpaired) electrons. The Morgan fingerprint density at radius 2 is 2.28 bits per heavy atom. The molecule has 1 aromatic heterocycles. The maximum Gasteiger partial charge on any atom is 0.362 e. The minimum Gasteiger partial charge on any atom is -0.507 e. The fourth-order valence-corrected chi connectivity index (χ4v) is 1.04. The van der Waals surface area contributed by atoms with Crippen molar-refractivity contribution in [2.45, 2.75) is 0 Å². The smallest absolute Gasteiger partial charge is 0.362 e. The summed E-state index contributed by atoms with van der Waals surface area (Å²) in [5.74, 6) is -1.14. The number of azo groups is 1. The number of aliphatic hydroxyl groups is 1. The predicted octanol–water partition coefficient (Wildman–Crippen LogP) is 1.75. The van der Waals surface area contributed by atoms with Crippen molar-refractivity contribution in [3.63, 3.8) is 0 Å². The largest absolute Gasteiger partial charge is 0.507 e. The zero-order chi connectivity index (χ0) is 13.4. The van der Waals surface area contributed by atoms with Crippen molar-refractivity contribution in [3.05, 3.63) is 36.0 Å². The highest BCUT2D eigenvalue weighted by Gasteiger charge is 2.15. The first kappa shape index (κ1) is 13.8. The summed E-state index contributed by atoms with van der Waals surface area (Å²) in [5, 5.41) is 17.0. The summed E-state index contributed by atoms with van der Waals surface area (Å²) < 4.78 is 9.19. The standard InChI is InChI=1S/C11H13N3O4/c1-17-7-9(15)10(11(16)18-2)14-13-8-4-3-5-12-6-8/h3-6,15H,7H2,1-2H3/b10-9+,14-13?. The van der Waals surface area contributed by atoms with E-state index in [0.717, 1.165) is 0 Å². The van der Waals surface area contributed by atoms with Crippen LogP contribution in [0.25, 0.3) is 0 Å². The zero-order valence-electron chi connectivity index (χ0n) is 10.0. The molecule has 1 N–H and O–H groups in total. The summed E-state index contributed by atoms with van der Waals surface area (Å²) in [7, 11) is 2.56. The topological polar surface area (TPSA) is 93.4 Å². The maximum absolute atomic E-state index is 11.4. The highest BCUT2D eigenvalue weighted by Crippen LogP contribution is 2.13. The van der Waals surface area contributed by atoms with Gasteiger partial charge in [-0.15, -0.1) is 10.2 Å². The molecule has 0 atom stereocenters. The van der Waals surface area contributed by atoms with E-state index in [4.69, 9.17) is 4.74 Å². The van der Waals surface area contributed by atoms with Gasteiger partial charge in [0.1, 0.15) is 12.3 Å². The van der Waals surface area contributed by atoms with Crippen molar-refractivity contribution in [1.82, 2.24) is 4.98 Å². The molecule has 0 aromatic carbocycles. The third-order valence-corrected chi connectivity index (χ3v) is 1.84. The van der Waals surface area contributed by atoms with Crippen LogP contribution >= 0.6 is 0 Å². The van der Waals surface area contributed by atoms with Crippen LogP contribution in [0.5, 0.6) is 0 Å². The van der Waals surface area contributed by atoms with E-state index >= 15 is 0 Å². The van der Waals surface area contributed by atoms with Crippen LogP contribution in [0, 0.1) is 0 Å². The van der Waals surface area contributed by atoms with E-state index in [0.29, 0.717) is 5.69 Å². The Morgan fingerprint density at radius 3 is 2.83 bits per heavy atom. The zero-order valence-corrected chi connectivity index (χ0v) is 10.0. The van der Waals surface area contributed by atoms with Gasteiger partial charge in [-0.3, -0.25) is 4.98 Å². The van der Waals surface area contributed by atoms with Gasteiger partial charge < -0.3 is 14.6 Å². The molecule has 18 heavy (non-hydrogen) atoms. The average Bonchev–Trinajstić information content (AvgIpc) is 2.40. The van der Waals surface area contributed by atoms with Gasteiger partial charge in [-0.05, 0) is 12.1 Å². The maximum atomic E-state index is 11.4. The third kappa shape index (κ3) is 3.95. The lowest BCUT2D eigenvalue weighted by atomic mass is 10.4. The highest BCUT2D eigenvalue weighted by molar-refractivity contribution is 5.88. The SMILES string of the molecule is COC/C(O)=C(\N=Nc1cccnc1)C(=O)OC. The molecule has 0 aliphatic rings. The summed E-state index contributed by atoms with van der Waals surface area (Å²) >= 11 is 0. The number of aliphatic hydroxyl groups excluding tert-OH is 1. The van der Waals surface area contributed by atoms with E-state index in [-0.39, 0.29) is 18.1 Å². The van der Waals surface area contributed by atoms with Gasteiger partial charge in [0.2, 0.25) is 5.70 Å². The molecule has 7 nitrogen and oxygen atoms in total. The number of pyridine rings is 1. The van der Waals surface area contributed by atoms with Crippen LogP contribution in [-0.4, -0.2) is 36.9 Å². The Balaban J connectivity index is 2.96. The number of rotatable bonds is 5. The second-order valence-corrected chi connectivity index (χ2v) is 3.13. The van der Waals surface area contributed by atoms with Crippen molar-refractivity contribution >= 4 is 11.7 Å². The first-order chi connectivity index (χ1) is 8.69. The Hall–Kier alpha value is -2.28. The van der Waals surface area contributed by atoms with E-state index in [1.165, 1.54) is 20.4 Å². The molecule has 7 heteroatoms. The van der Waals surface area contributed by atoms with Gasteiger partial charge in [-0.1, -0.05) is 0 Å². The highest BCUT2D eigenvalue weighted by atomic mass is 16.5. The number of carbonyl (C=O) groups is 1. The Kier molecular flexibility index (Phi) is 5.46. The minimum absolute atomic E-state index is 0.156. The van der Waals surface area contributed by atoms with Crippen molar-refractivity contribution < 1.29 is 19.4 Å². The molecular formula is C11H13N3O4. The molecular weight excluding hydrogens is 238 g/mol. The van der Waals surface area contributed by atoms with Crippen molar-refractivity contribution in [1.29, 1.82) is 0 Å². The molecule has 0 fully saturated rings. The summed E-state index contributed by atoms with van der Waals surface area (Å²) in [6.45, 7) is -0.156. The van der Waals surface area contributed by atoms with Gasteiger partial charge >= 0.3 is 5.97 Å². The number of nitrogens with zero attached hydrogens (tertiary/aromatic N) is 3. The predicted molar refractivity (Wildman–Crippen MR) is 62.3 cm³/mol. The van der Waals surface area contributed by atoms with Gasteiger partial charge in [-0.2, -0.15) is 0 Å². The number of esters is 1. The summed E-state index contributed by atoms with van der Waals surface area (Å²) in [6, 6.07) is 3.32. The van der Waals surface area contributed by atoms with Crippen molar-refractivity contribution in [2.24, 2.45) is 10.2 Å². The van der Waals surface area contributed by atoms with Gasteiger partial charge in [0, 0.05) is 13.3 Å². The van der Waals surface area contributed by atoms with Gasteiger partial charge in [0.25, 0.3) is 0 Å². The second-order valence-electron chi connectivity index (χ2n) is 3.13. The molecule has 0 unspecified atom stereocenters. The summed E-state index contributed by atoms with van der Waals surface area (Å²) in [5.41, 5.74) is 0.146. The molecule has 0 spiro atoms. The number of carbonyl (C=O) groups excluding carboxylic acids is 1. The fraction of sp³-hybridized carbons (Fsp3) is 0.273. The van der Waals surface area contributed by atoms with Crippen LogP contribution in [0.15, 0.2) is 46.2 Å². The van der Waals surface area contributed by atoms with E-state index in [1.807, 2.05) is 0 Å². The average molecular weight is 251 g/mol. The van der Waals surface area contributed by atoms with Crippen molar-refractivity contribution in [2.75, 3.05) is 20.8 Å². The van der Waals surface area contributed by atoms with Crippen molar-refractivity contribution in [3.8, 4) is 0 Å². The van der Waals surface area contributed by atoms with E-state index < -0.39 is 5.97 Å². The molecule has 96 valence electrons. The lowest BCUT2D eigenvalue weighted by molar-refractivity contribution is -0.136. The lowest BCUT2D eigenvalue weighted by Crippen LogP contribution is -2.08. The minimum atomic E-state index is -0.794. The Bertz CT molecular complexity index is 457. The quantitative estimate of drug-likeness (QED) is 0.372. The molecule has 0 amide bonds. The molecule has 1 aromatic rings. The van der Waals surface area contributed by atoms with Crippen LogP contribution in [-0.2, 0) is 14.3 Å². The lowest BCUT2D eigenvalue weighted by Gasteiger charge is -2.02. The first-order valence-electron chi connectivity index (χ1n) is 5.00. The number of methoxy groups -OCH3 is 2. The summed E-state index contributed by atoms with van der Waals surface area (Å²) in [6.07, 6.45) is 3.05. The number of hydrogen-bond donors (Lipinski definition) is 1. The van der Waals surface area contributed by atoms with E-state index in [2.05, 4.69) is 19.9 Å². The van der Waals surface area contributed by atoms with E-state index in [1.54, 1.807) is 18.3 Å². The molecule has 0 aliphatic heterocycles. The van der Waals surface area contributed by atoms with E-state index in [9.17, 15) is 9.90 Å². The molecule has 1 rings (SSSR count). The first-order valence-corrected chi connectivity index (χ1v) is 5.00. The van der Waals surface area contributed by atoms with Gasteiger partial charge in [-0.25, -0.2) is 4.79 Å². The van der Waals surface area contributed by atoms with Crippen LogP contribution in [0.2, 0.25) is 0 Å². The summed E-state index contributed by atoms with van der Waals surface area (Å²) in [4.78, 5) is 15.2. The number of aromatic nitrogens is 1. The molecule has 0 saturated carbocycles. The van der Waals surface area contributed by atoms with Gasteiger partial charge in [0.05, 0.1) is 13.3 Å². The monoisotopic (exact) mass is 251 g/mol. The number of hydrogen-bond acceptors (Lipinski definition) is 7. The van der Waals surface area contributed by atoms with Crippen LogP contribution < -0.4 is 0 Å². The molecule has 0 aliphatic carbocycles. The van der Waals surface area contributed by atoms with Crippen LogP contribution in [0.3, 0.4) is 0 Å². The second kappa shape index (κ2) is 7.13. The Labute approximate surface area is 104 Å². The molecule has 0 bridgehead atoms.